The largest absolute Gasteiger partial charge is 0.338 e. The van der Waals surface area contributed by atoms with Crippen molar-refractivity contribution in [1.29, 1.82) is 0 Å². The highest BCUT2D eigenvalue weighted by Gasteiger charge is 2.27. The second-order valence-electron chi connectivity index (χ2n) is 5.58. The molecule has 0 aromatic carbocycles. The van der Waals surface area contributed by atoms with Gasteiger partial charge in [0.1, 0.15) is 0 Å². The Morgan fingerprint density at radius 1 is 1.17 bits per heavy atom. The van der Waals surface area contributed by atoms with E-state index in [0.29, 0.717) is 11.8 Å². The molecule has 5 heteroatoms. The van der Waals surface area contributed by atoms with E-state index in [4.69, 9.17) is 10.3 Å². The van der Waals surface area contributed by atoms with Crippen LogP contribution in [0.15, 0.2) is 4.52 Å². The number of anilines is 1. The van der Waals surface area contributed by atoms with E-state index in [1.54, 1.807) is 0 Å². The lowest BCUT2D eigenvalue weighted by atomic mass is 9.82. The summed E-state index contributed by atoms with van der Waals surface area (Å²) in [5.74, 6) is 2.79. The van der Waals surface area contributed by atoms with Gasteiger partial charge in [0.2, 0.25) is 5.89 Å². The molecular formula is C13H22N4O. The van der Waals surface area contributed by atoms with Gasteiger partial charge in [-0.25, -0.2) is 0 Å². The van der Waals surface area contributed by atoms with Crippen LogP contribution in [0.1, 0.15) is 50.3 Å². The zero-order valence-corrected chi connectivity index (χ0v) is 10.8. The number of nitrogens with zero attached hydrogens (tertiary/aromatic N) is 3. The van der Waals surface area contributed by atoms with Crippen LogP contribution in [0.5, 0.6) is 0 Å². The number of nitrogens with two attached hydrogens (primary N) is 1. The molecule has 2 N–H and O–H groups in total. The van der Waals surface area contributed by atoms with Crippen molar-refractivity contribution in [3.05, 3.63) is 5.89 Å². The van der Waals surface area contributed by atoms with Crippen LogP contribution < -0.4 is 10.6 Å². The van der Waals surface area contributed by atoms with E-state index >= 15 is 0 Å². The summed E-state index contributed by atoms with van der Waals surface area (Å²) >= 11 is 0. The van der Waals surface area contributed by atoms with E-state index in [2.05, 4.69) is 15.0 Å². The molecule has 1 aliphatic carbocycles. The Kier molecular flexibility index (Phi) is 3.50. The molecule has 3 rings (SSSR count). The lowest BCUT2D eigenvalue weighted by molar-refractivity contribution is 0.274. The minimum absolute atomic E-state index is 0.455. The highest BCUT2D eigenvalue weighted by atomic mass is 16.5. The third kappa shape index (κ3) is 2.36. The molecule has 2 heterocycles. The summed E-state index contributed by atoms with van der Waals surface area (Å²) < 4.78 is 5.45. The summed E-state index contributed by atoms with van der Waals surface area (Å²) in [5, 5.41) is 4.13. The zero-order valence-electron chi connectivity index (χ0n) is 10.8. The highest BCUT2D eigenvalue weighted by Crippen LogP contribution is 2.35. The van der Waals surface area contributed by atoms with Crippen LogP contribution in [-0.2, 0) is 0 Å². The molecule has 0 radical (unpaired) electrons. The van der Waals surface area contributed by atoms with Crippen LogP contribution in [0.4, 0.5) is 5.95 Å². The molecule has 5 nitrogen and oxygen atoms in total. The normalized spacial score (nSPS) is 28.8. The van der Waals surface area contributed by atoms with Gasteiger partial charge in [-0.05, 0) is 56.1 Å². The predicted octanol–water partition coefficient (Wildman–Crippen LogP) is 1.90. The van der Waals surface area contributed by atoms with Crippen molar-refractivity contribution in [3.8, 4) is 0 Å². The van der Waals surface area contributed by atoms with E-state index in [-0.39, 0.29) is 0 Å². The maximum absolute atomic E-state index is 5.72. The first-order valence-corrected chi connectivity index (χ1v) is 7.15. The zero-order chi connectivity index (χ0) is 12.4. The topological polar surface area (TPSA) is 68.2 Å². The summed E-state index contributed by atoms with van der Waals surface area (Å²) in [4.78, 5) is 6.80. The molecule has 1 saturated heterocycles. The molecule has 0 spiro atoms. The van der Waals surface area contributed by atoms with Crippen molar-refractivity contribution < 1.29 is 4.52 Å². The molecule has 0 amide bonds. The van der Waals surface area contributed by atoms with Gasteiger partial charge in [-0.2, -0.15) is 4.98 Å². The van der Waals surface area contributed by atoms with Crippen LogP contribution >= 0.6 is 0 Å². The van der Waals surface area contributed by atoms with Crippen molar-refractivity contribution >= 4 is 5.95 Å². The van der Waals surface area contributed by atoms with Crippen LogP contribution in [0.2, 0.25) is 0 Å². The molecular weight excluding hydrogens is 228 g/mol. The monoisotopic (exact) mass is 250 g/mol. The van der Waals surface area contributed by atoms with Gasteiger partial charge < -0.3 is 15.2 Å². The highest BCUT2D eigenvalue weighted by molar-refractivity contribution is 5.29. The van der Waals surface area contributed by atoms with Gasteiger partial charge in [-0.1, -0.05) is 0 Å². The fourth-order valence-corrected chi connectivity index (χ4v) is 3.08. The first kappa shape index (κ1) is 12.0. The number of aromatic nitrogens is 2. The number of hydrogen-bond acceptors (Lipinski definition) is 5. The molecule has 0 bridgehead atoms. The molecule has 1 aromatic rings. The summed E-state index contributed by atoms with van der Waals surface area (Å²) in [7, 11) is 0. The SMILES string of the molecule is NCC1CCC(c2nc(N3CCCC3)no2)CC1. The van der Waals surface area contributed by atoms with Crippen molar-refractivity contribution in [3.63, 3.8) is 0 Å². The van der Waals surface area contributed by atoms with E-state index in [9.17, 15) is 0 Å². The molecule has 100 valence electrons. The van der Waals surface area contributed by atoms with Crippen LogP contribution in [0.25, 0.3) is 0 Å². The Hall–Kier alpha value is -1.10. The molecule has 1 saturated carbocycles. The third-order valence-corrected chi connectivity index (χ3v) is 4.35. The van der Waals surface area contributed by atoms with Crippen LogP contribution in [-0.4, -0.2) is 29.8 Å². The summed E-state index contributed by atoms with van der Waals surface area (Å²) in [6.45, 7) is 2.95. The molecule has 0 atom stereocenters. The lowest BCUT2D eigenvalue weighted by Crippen LogP contribution is -2.21. The van der Waals surface area contributed by atoms with E-state index in [0.717, 1.165) is 44.3 Å². The molecule has 2 aliphatic rings. The van der Waals surface area contributed by atoms with Gasteiger partial charge in [0.05, 0.1) is 0 Å². The fourth-order valence-electron chi connectivity index (χ4n) is 3.08. The van der Waals surface area contributed by atoms with Gasteiger partial charge in [0, 0.05) is 19.0 Å². The van der Waals surface area contributed by atoms with Crippen LogP contribution in [0, 0.1) is 5.92 Å². The number of hydrogen-bond donors (Lipinski definition) is 1. The predicted molar refractivity (Wildman–Crippen MR) is 69.5 cm³/mol. The molecule has 0 unspecified atom stereocenters. The lowest BCUT2D eigenvalue weighted by Gasteiger charge is -2.24. The van der Waals surface area contributed by atoms with Crippen molar-refractivity contribution in [1.82, 2.24) is 10.1 Å². The molecule has 18 heavy (non-hydrogen) atoms. The van der Waals surface area contributed by atoms with Crippen LogP contribution in [0.3, 0.4) is 0 Å². The van der Waals surface area contributed by atoms with E-state index < -0.39 is 0 Å². The van der Waals surface area contributed by atoms with Crippen molar-refractivity contribution in [2.45, 2.75) is 44.4 Å². The Bertz CT molecular complexity index is 378. The summed E-state index contributed by atoms with van der Waals surface area (Å²) in [6.07, 6.45) is 7.16. The Morgan fingerprint density at radius 3 is 2.56 bits per heavy atom. The van der Waals surface area contributed by atoms with E-state index in [1.807, 2.05) is 0 Å². The second kappa shape index (κ2) is 5.26. The first-order valence-electron chi connectivity index (χ1n) is 7.15. The smallest absolute Gasteiger partial charge is 0.266 e. The maximum atomic E-state index is 5.72. The van der Waals surface area contributed by atoms with Gasteiger partial charge in [-0.3, -0.25) is 0 Å². The van der Waals surface area contributed by atoms with Gasteiger partial charge >= 0.3 is 0 Å². The minimum atomic E-state index is 0.455. The average Bonchev–Trinajstić information content (AvgIpc) is 3.09. The third-order valence-electron chi connectivity index (χ3n) is 4.35. The maximum Gasteiger partial charge on any atom is 0.266 e. The Balaban J connectivity index is 1.62. The number of rotatable bonds is 3. The quantitative estimate of drug-likeness (QED) is 0.887. The van der Waals surface area contributed by atoms with Crippen molar-refractivity contribution in [2.75, 3.05) is 24.5 Å². The van der Waals surface area contributed by atoms with E-state index in [1.165, 1.54) is 25.7 Å². The second-order valence-corrected chi connectivity index (χ2v) is 5.58. The van der Waals surface area contributed by atoms with Gasteiger partial charge in [0.15, 0.2) is 0 Å². The summed E-state index contributed by atoms with van der Waals surface area (Å²) in [6, 6.07) is 0. The minimum Gasteiger partial charge on any atom is -0.338 e. The molecule has 1 aromatic heterocycles. The van der Waals surface area contributed by atoms with Gasteiger partial charge in [0.25, 0.3) is 5.95 Å². The fraction of sp³-hybridized carbons (Fsp3) is 0.846. The first-order chi connectivity index (χ1) is 8.86. The Morgan fingerprint density at radius 2 is 1.89 bits per heavy atom. The summed E-state index contributed by atoms with van der Waals surface area (Å²) in [5.41, 5.74) is 5.72. The average molecular weight is 250 g/mol. The standard InChI is InChI=1S/C13H22N4O/c14-9-10-3-5-11(6-4-10)12-15-13(16-18-12)17-7-1-2-8-17/h10-11H,1-9,14H2. The van der Waals surface area contributed by atoms with Crippen molar-refractivity contribution in [2.24, 2.45) is 11.7 Å². The van der Waals surface area contributed by atoms with Gasteiger partial charge in [-0.15, -0.1) is 0 Å². The Labute approximate surface area is 108 Å². The molecule has 1 aliphatic heterocycles. The molecule has 2 fully saturated rings.